The van der Waals surface area contributed by atoms with Gasteiger partial charge >= 0.3 is 12.1 Å². The molecule has 3 atom stereocenters. The highest BCUT2D eigenvalue weighted by atomic mass is 32.1. The maximum atomic E-state index is 12.2. The van der Waals surface area contributed by atoms with Gasteiger partial charge in [-0.05, 0) is 6.42 Å². The van der Waals surface area contributed by atoms with Gasteiger partial charge in [0.1, 0.15) is 12.3 Å². The molecule has 0 aromatic rings. The molecule has 0 bridgehead atoms. The third-order valence-corrected chi connectivity index (χ3v) is 4.92. The van der Waals surface area contributed by atoms with Crippen LogP contribution in [0.3, 0.4) is 0 Å². The number of carbonyl (C=O) groups is 2. The predicted octanol–water partition coefficient (Wildman–Crippen LogP) is 0.620. The molecule has 0 spiro atoms. The van der Waals surface area contributed by atoms with E-state index < -0.39 is 30.5 Å². The maximum Gasteiger partial charge on any atom is 0.350 e. The number of aliphatic hydroxyl groups excluding tert-OH is 2. The number of nitrogens with one attached hydrogen (secondary N) is 2. The monoisotopic (exact) mass is 403 g/mol. The third-order valence-electron chi connectivity index (χ3n) is 4.53. The molecule has 0 saturated carbocycles. The molecule has 0 unspecified atom stereocenters. The molecule has 10 nitrogen and oxygen atoms in total. The summed E-state index contributed by atoms with van der Waals surface area (Å²) < 4.78 is 6.71. The first kappa shape index (κ1) is 21.7. The van der Waals surface area contributed by atoms with Crippen LogP contribution in [0.5, 0.6) is 0 Å². The number of aliphatic imine (C=N–C) groups is 1. The van der Waals surface area contributed by atoms with Gasteiger partial charge in [-0.3, -0.25) is 14.5 Å². The molecule has 154 valence electrons. The Balaban J connectivity index is 1.78. The first-order valence-corrected chi connectivity index (χ1v) is 9.71. The molecule has 11 heteroatoms. The molecule has 0 aromatic heterocycles. The lowest BCUT2D eigenvalue weighted by Gasteiger charge is -2.31. The molecule has 2 aliphatic rings. The van der Waals surface area contributed by atoms with Crippen LogP contribution < -0.4 is 10.6 Å². The van der Waals surface area contributed by atoms with E-state index in [1.165, 1.54) is 15.6 Å². The summed E-state index contributed by atoms with van der Waals surface area (Å²) in [5.74, 6) is 0.0449. The van der Waals surface area contributed by atoms with Gasteiger partial charge in [-0.15, -0.1) is 0 Å². The lowest BCUT2D eigenvalue weighted by atomic mass is 10.1. The number of rotatable bonds is 8. The highest BCUT2D eigenvalue weighted by molar-refractivity contribution is 7.78. The Labute approximate surface area is 164 Å². The second-order valence-corrected chi connectivity index (χ2v) is 7.11. The number of hydrogen-bond donors (Lipinski definition) is 5. The van der Waals surface area contributed by atoms with Gasteiger partial charge in [0.25, 0.3) is 0 Å². The van der Waals surface area contributed by atoms with Gasteiger partial charge in [0.2, 0.25) is 5.96 Å². The molecule has 1 fully saturated rings. The lowest BCUT2D eigenvalue weighted by molar-refractivity contribution is -0.0644. The Morgan fingerprint density at radius 3 is 2.81 bits per heavy atom. The van der Waals surface area contributed by atoms with Crippen LogP contribution >= 0.6 is 12.8 Å². The normalized spacial score (nSPS) is 25.2. The molecule has 1 saturated heterocycles. The smallest absolute Gasteiger partial charge is 0.350 e. The largest absolute Gasteiger partial charge is 0.394 e. The van der Waals surface area contributed by atoms with E-state index in [2.05, 4.69) is 35.4 Å². The number of guanidine groups is 1. The van der Waals surface area contributed by atoms with E-state index in [-0.39, 0.29) is 25.7 Å². The van der Waals surface area contributed by atoms with Gasteiger partial charge in [0.15, 0.2) is 0 Å². The Morgan fingerprint density at radius 1 is 1.44 bits per heavy atom. The van der Waals surface area contributed by atoms with Crippen LogP contribution in [0.4, 0.5) is 9.59 Å². The van der Waals surface area contributed by atoms with Crippen LogP contribution in [-0.4, -0.2) is 75.7 Å². The number of nitrogens with zero attached hydrogens (tertiary/aromatic N) is 3. The van der Waals surface area contributed by atoms with Gasteiger partial charge < -0.3 is 20.3 Å². The van der Waals surface area contributed by atoms with Crippen molar-refractivity contribution in [3.63, 3.8) is 0 Å². The molecule has 27 heavy (non-hydrogen) atoms. The van der Waals surface area contributed by atoms with Crippen molar-refractivity contribution >= 4 is 30.8 Å². The van der Waals surface area contributed by atoms with E-state index in [4.69, 9.17) is 9.84 Å². The van der Waals surface area contributed by atoms with Crippen molar-refractivity contribution in [3.8, 4) is 0 Å². The standard InChI is InChI=1S/C16H29N5O5S/c1-2-3-4-5-6-7-21(27)16(25)19-14-17-10-20(15(24)18-14)13-8-11(23)12(9-22)26-13/h11-13,22-23,27H,2-10H2,1H3,(H2,17,18,19,24,25)/t11-,12+,13+/m0/s1. The average Bonchev–Trinajstić information content (AvgIpc) is 3.01. The summed E-state index contributed by atoms with van der Waals surface area (Å²) in [6.07, 6.45) is 3.32. The van der Waals surface area contributed by atoms with Crippen molar-refractivity contribution in [1.29, 1.82) is 0 Å². The van der Waals surface area contributed by atoms with Gasteiger partial charge in [0, 0.05) is 13.0 Å². The van der Waals surface area contributed by atoms with Crippen LogP contribution in [0.1, 0.15) is 45.4 Å². The summed E-state index contributed by atoms with van der Waals surface area (Å²) in [6, 6.07) is -1.06. The van der Waals surface area contributed by atoms with Crippen molar-refractivity contribution in [2.75, 3.05) is 19.8 Å². The van der Waals surface area contributed by atoms with Gasteiger partial charge in [0.05, 0.1) is 19.4 Å². The predicted molar refractivity (Wildman–Crippen MR) is 102 cm³/mol. The van der Waals surface area contributed by atoms with Crippen LogP contribution in [0.2, 0.25) is 0 Å². The zero-order valence-electron chi connectivity index (χ0n) is 15.5. The number of urea groups is 2. The van der Waals surface area contributed by atoms with Gasteiger partial charge in [-0.2, -0.15) is 4.99 Å². The van der Waals surface area contributed by atoms with Gasteiger partial charge in [-0.1, -0.05) is 45.4 Å². The summed E-state index contributed by atoms with van der Waals surface area (Å²) >= 11 is 4.16. The number of unbranched alkanes of at least 4 members (excludes halogenated alkanes) is 4. The van der Waals surface area contributed by atoms with E-state index in [0.29, 0.717) is 6.54 Å². The second kappa shape index (κ2) is 10.7. The SMILES string of the molecule is CCCCCCCN(S)C(=O)NC1=NC(=O)N([C@H]2C[C@H](O)[C@@H](CO)O2)CN1. The lowest BCUT2D eigenvalue weighted by Crippen LogP contribution is -2.55. The number of amides is 4. The van der Waals surface area contributed by atoms with Crippen molar-refractivity contribution in [2.45, 2.75) is 63.9 Å². The molecular formula is C16H29N5O5S. The molecule has 4 amide bonds. The van der Waals surface area contributed by atoms with E-state index >= 15 is 0 Å². The zero-order chi connectivity index (χ0) is 19.8. The topological polar surface area (TPSA) is 127 Å². The fraction of sp³-hybridized carbons (Fsp3) is 0.812. The Kier molecular flexibility index (Phi) is 8.61. The average molecular weight is 404 g/mol. The molecular weight excluding hydrogens is 374 g/mol. The van der Waals surface area contributed by atoms with Crippen molar-refractivity contribution in [1.82, 2.24) is 19.8 Å². The summed E-state index contributed by atoms with van der Waals surface area (Å²) in [6.45, 7) is 2.39. The first-order valence-electron chi connectivity index (χ1n) is 9.31. The molecule has 2 heterocycles. The zero-order valence-corrected chi connectivity index (χ0v) is 16.4. The van der Waals surface area contributed by atoms with E-state index in [1.54, 1.807) is 0 Å². The highest BCUT2D eigenvalue weighted by Gasteiger charge is 2.39. The van der Waals surface area contributed by atoms with E-state index in [9.17, 15) is 14.7 Å². The number of aliphatic hydroxyl groups is 2. The second-order valence-electron chi connectivity index (χ2n) is 6.63. The summed E-state index contributed by atoms with van der Waals surface area (Å²) in [5.41, 5.74) is 0. The van der Waals surface area contributed by atoms with E-state index in [0.717, 1.165) is 25.7 Å². The summed E-state index contributed by atoms with van der Waals surface area (Å²) in [5, 5.41) is 24.2. The first-order chi connectivity index (χ1) is 13.0. The van der Waals surface area contributed by atoms with Crippen LogP contribution in [-0.2, 0) is 4.74 Å². The highest BCUT2D eigenvalue weighted by Crippen LogP contribution is 2.24. The minimum atomic E-state index is -0.840. The fourth-order valence-corrected chi connectivity index (χ4v) is 3.12. The van der Waals surface area contributed by atoms with Crippen molar-refractivity contribution in [3.05, 3.63) is 0 Å². The maximum absolute atomic E-state index is 12.2. The quantitative estimate of drug-likeness (QED) is 0.299. The Hall–Kier alpha value is -1.56. The molecule has 0 aromatic carbocycles. The number of ether oxygens (including phenoxy) is 1. The minimum Gasteiger partial charge on any atom is -0.394 e. The summed E-state index contributed by atoms with van der Waals surface area (Å²) in [4.78, 5) is 29.4. The van der Waals surface area contributed by atoms with Crippen molar-refractivity contribution in [2.24, 2.45) is 4.99 Å². The van der Waals surface area contributed by atoms with Crippen LogP contribution in [0.25, 0.3) is 0 Å². The number of carbonyl (C=O) groups excluding carboxylic acids is 2. The third kappa shape index (κ3) is 6.23. The minimum absolute atomic E-state index is 0.0449. The van der Waals surface area contributed by atoms with Crippen LogP contribution in [0, 0.1) is 0 Å². The summed E-state index contributed by atoms with van der Waals surface area (Å²) in [7, 11) is 0. The van der Waals surface area contributed by atoms with Gasteiger partial charge in [-0.25, -0.2) is 9.59 Å². The number of hydrogen-bond acceptors (Lipinski definition) is 7. The Bertz CT molecular complexity index is 549. The fourth-order valence-electron chi connectivity index (χ4n) is 2.93. The molecule has 2 aliphatic heterocycles. The van der Waals surface area contributed by atoms with E-state index in [1.807, 2.05) is 0 Å². The molecule has 0 aliphatic carbocycles. The molecule has 0 radical (unpaired) electrons. The molecule has 4 N–H and O–H groups in total. The Morgan fingerprint density at radius 2 is 2.19 bits per heavy atom. The van der Waals surface area contributed by atoms with Crippen LogP contribution in [0.15, 0.2) is 4.99 Å². The molecule has 2 rings (SSSR count). The van der Waals surface area contributed by atoms with Crippen molar-refractivity contribution < 1.29 is 24.5 Å². The number of thiol groups is 1.